The van der Waals surface area contributed by atoms with Gasteiger partial charge in [0.1, 0.15) is 0 Å². The summed E-state index contributed by atoms with van der Waals surface area (Å²) in [6.07, 6.45) is 22.8. The molecule has 0 amide bonds. The van der Waals surface area contributed by atoms with Gasteiger partial charge in [-0.05, 0) is 149 Å². The van der Waals surface area contributed by atoms with Gasteiger partial charge in [-0.25, -0.2) is 0 Å². The summed E-state index contributed by atoms with van der Waals surface area (Å²) in [7, 11) is 0. The van der Waals surface area contributed by atoms with Gasteiger partial charge in [0.15, 0.2) is 0 Å². The summed E-state index contributed by atoms with van der Waals surface area (Å²) in [4.78, 5) is 4.46. The van der Waals surface area contributed by atoms with Crippen LogP contribution in [0.1, 0.15) is 111 Å². The van der Waals surface area contributed by atoms with Gasteiger partial charge in [-0.15, -0.1) is 0 Å². The summed E-state index contributed by atoms with van der Waals surface area (Å²) < 4.78 is 0. The van der Waals surface area contributed by atoms with Crippen LogP contribution in [-0.4, -0.2) is 25.3 Å². The van der Waals surface area contributed by atoms with Crippen LogP contribution in [0.25, 0.3) is 0 Å². The molecule has 6 rings (SSSR count). The van der Waals surface area contributed by atoms with Gasteiger partial charge in [0.2, 0.25) is 0 Å². The molecule has 2 heteroatoms. The monoisotopic (exact) mass is 450 g/mol. The average Bonchev–Trinajstić information content (AvgIpc) is 3.66. The highest BCUT2D eigenvalue weighted by Gasteiger charge is 2.81. The van der Waals surface area contributed by atoms with E-state index in [0.717, 1.165) is 40.4 Å². The van der Waals surface area contributed by atoms with Crippen molar-refractivity contribution in [3.63, 3.8) is 0 Å². The fourth-order valence-electron chi connectivity index (χ4n) is 8.75. The first-order chi connectivity index (χ1) is 15.8. The molecule has 2 nitrogen and oxygen atoms in total. The number of hydrogen-bond donors (Lipinski definition) is 1. The van der Waals surface area contributed by atoms with Gasteiger partial charge in [-0.3, -0.25) is 4.99 Å². The summed E-state index contributed by atoms with van der Waals surface area (Å²) in [5, 5.41) is 3.83. The van der Waals surface area contributed by atoms with Crippen LogP contribution in [0.5, 0.6) is 0 Å². The third kappa shape index (κ3) is 4.19. The molecule has 0 aliphatic heterocycles. The van der Waals surface area contributed by atoms with Crippen molar-refractivity contribution in [1.82, 2.24) is 5.32 Å². The van der Waals surface area contributed by atoms with E-state index in [1.165, 1.54) is 103 Å². The topological polar surface area (TPSA) is 24.4 Å². The van der Waals surface area contributed by atoms with Gasteiger partial charge in [-0.2, -0.15) is 0 Å². The molecule has 0 aromatic carbocycles. The van der Waals surface area contributed by atoms with Crippen LogP contribution >= 0.6 is 0 Å². The van der Waals surface area contributed by atoms with Crippen molar-refractivity contribution in [3.05, 3.63) is 11.6 Å². The lowest BCUT2D eigenvalue weighted by molar-refractivity contribution is 0.0530. The summed E-state index contributed by atoms with van der Waals surface area (Å²) >= 11 is 0. The molecular weight excluding hydrogens is 400 g/mol. The van der Waals surface area contributed by atoms with Crippen molar-refractivity contribution in [1.29, 1.82) is 0 Å². The molecule has 0 bridgehead atoms. The molecule has 2 unspecified atom stereocenters. The van der Waals surface area contributed by atoms with Gasteiger partial charge in [0.25, 0.3) is 0 Å². The van der Waals surface area contributed by atoms with E-state index in [1.54, 1.807) is 0 Å². The second kappa shape index (κ2) is 7.94. The van der Waals surface area contributed by atoms with Crippen LogP contribution in [0.2, 0.25) is 0 Å². The van der Waals surface area contributed by atoms with E-state index >= 15 is 0 Å². The predicted molar refractivity (Wildman–Crippen MR) is 140 cm³/mol. The average molecular weight is 451 g/mol. The molecule has 184 valence electrons. The fourth-order valence-corrected chi connectivity index (χ4v) is 8.75. The maximum Gasteiger partial charge on any atom is 0.0603 e. The van der Waals surface area contributed by atoms with Crippen LogP contribution in [0.4, 0.5) is 0 Å². The molecule has 0 aromatic rings. The summed E-state index contributed by atoms with van der Waals surface area (Å²) in [6.45, 7) is 13.9. The van der Waals surface area contributed by atoms with Crippen molar-refractivity contribution in [2.45, 2.75) is 116 Å². The van der Waals surface area contributed by atoms with Gasteiger partial charge in [0, 0.05) is 6.54 Å². The van der Waals surface area contributed by atoms with E-state index in [0.29, 0.717) is 5.41 Å². The minimum atomic E-state index is 0.250. The Morgan fingerprint density at radius 2 is 1.82 bits per heavy atom. The number of allylic oxidation sites excluding steroid dienone is 2. The molecule has 0 spiro atoms. The number of hydrogen-bond acceptors (Lipinski definition) is 2. The Hall–Kier alpha value is -0.630. The largest absolute Gasteiger partial charge is 0.316 e. The second-order valence-electron chi connectivity index (χ2n) is 14.6. The Labute approximate surface area is 203 Å². The summed E-state index contributed by atoms with van der Waals surface area (Å²) in [5.74, 6) is 4.63. The first kappa shape index (κ1) is 22.8. The Bertz CT molecular complexity index is 786. The van der Waals surface area contributed by atoms with Crippen molar-refractivity contribution >= 4 is 6.72 Å². The fraction of sp³-hybridized carbons (Fsp3) is 0.903. The zero-order chi connectivity index (χ0) is 22.9. The number of nitrogens with zero attached hydrogens (tertiary/aromatic N) is 1. The van der Waals surface area contributed by atoms with Crippen LogP contribution in [0, 0.1) is 45.8 Å². The molecule has 0 aromatic heterocycles. The zero-order valence-corrected chi connectivity index (χ0v) is 21.9. The van der Waals surface area contributed by atoms with E-state index in [-0.39, 0.29) is 5.54 Å². The molecule has 6 aliphatic carbocycles. The maximum absolute atomic E-state index is 4.46. The molecule has 0 saturated heterocycles. The lowest BCUT2D eigenvalue weighted by atomic mass is 9.55. The number of nitrogens with one attached hydrogen (secondary N) is 1. The molecule has 1 N–H and O–H groups in total. The van der Waals surface area contributed by atoms with Crippen LogP contribution in [-0.2, 0) is 0 Å². The standard InChI is InChI=1S/C31H50N2/c1-5-31(32-4)13-24(14-31)10-11-28(3)15-27(16-28)25-9-6-22(2)26(12-25)17-29-19-30(29,20-29)21-33-18-23-7-8-23/h12,22-24,26-27,33H,4-11,13-21H2,1-3H3. The van der Waals surface area contributed by atoms with E-state index in [9.17, 15) is 0 Å². The second-order valence-corrected chi connectivity index (χ2v) is 14.6. The van der Waals surface area contributed by atoms with Crippen molar-refractivity contribution in [3.8, 4) is 0 Å². The quantitative estimate of drug-likeness (QED) is 0.240. The minimum Gasteiger partial charge on any atom is -0.316 e. The van der Waals surface area contributed by atoms with Crippen molar-refractivity contribution < 1.29 is 0 Å². The number of rotatable bonds is 12. The van der Waals surface area contributed by atoms with Crippen LogP contribution in [0.3, 0.4) is 0 Å². The lowest BCUT2D eigenvalue weighted by Crippen LogP contribution is -2.43. The van der Waals surface area contributed by atoms with Crippen LogP contribution < -0.4 is 5.32 Å². The van der Waals surface area contributed by atoms with E-state index in [1.807, 2.05) is 5.57 Å². The van der Waals surface area contributed by atoms with Crippen molar-refractivity contribution in [2.75, 3.05) is 13.1 Å². The summed E-state index contributed by atoms with van der Waals surface area (Å²) in [5.41, 5.74) is 4.23. The highest BCUT2D eigenvalue weighted by atomic mass is 15.0. The molecule has 5 fully saturated rings. The number of fused-ring (bicyclic) bond motifs is 1. The molecule has 5 saturated carbocycles. The first-order valence-corrected chi connectivity index (χ1v) is 14.7. The Kier molecular flexibility index (Phi) is 5.49. The summed E-state index contributed by atoms with van der Waals surface area (Å²) in [6, 6.07) is 0. The third-order valence-corrected chi connectivity index (χ3v) is 12.0. The van der Waals surface area contributed by atoms with E-state index in [2.05, 4.69) is 43.9 Å². The van der Waals surface area contributed by atoms with Crippen LogP contribution in [0.15, 0.2) is 16.6 Å². The number of aliphatic imine (C=N–C) groups is 1. The first-order valence-electron chi connectivity index (χ1n) is 14.7. The Morgan fingerprint density at radius 3 is 2.48 bits per heavy atom. The lowest BCUT2D eigenvalue weighted by Gasteiger charge is -2.50. The molecule has 0 heterocycles. The van der Waals surface area contributed by atoms with Gasteiger partial charge in [0.05, 0.1) is 5.54 Å². The van der Waals surface area contributed by atoms with Gasteiger partial charge < -0.3 is 5.32 Å². The van der Waals surface area contributed by atoms with Gasteiger partial charge >= 0.3 is 0 Å². The Morgan fingerprint density at radius 1 is 1.06 bits per heavy atom. The zero-order valence-electron chi connectivity index (χ0n) is 21.9. The highest BCUT2D eigenvalue weighted by molar-refractivity contribution is 5.33. The van der Waals surface area contributed by atoms with E-state index in [4.69, 9.17) is 0 Å². The van der Waals surface area contributed by atoms with Gasteiger partial charge in [-0.1, -0.05) is 32.4 Å². The SMILES string of the molecule is C=NC1(CC)CC(CCC2(C)CC(C3=CC(CC45CC4(CNCC4CC4)C5)C(C)CC3)C2)C1. The van der Waals surface area contributed by atoms with E-state index < -0.39 is 0 Å². The molecule has 6 aliphatic rings. The molecule has 0 radical (unpaired) electrons. The predicted octanol–water partition coefficient (Wildman–Crippen LogP) is 7.58. The normalized spacial score (nSPS) is 50.0. The molecular formula is C31H50N2. The third-order valence-electron chi connectivity index (χ3n) is 12.0. The molecule has 2 atom stereocenters. The smallest absolute Gasteiger partial charge is 0.0603 e. The van der Waals surface area contributed by atoms with Crippen molar-refractivity contribution in [2.24, 2.45) is 50.8 Å². The maximum atomic E-state index is 4.46. The minimum absolute atomic E-state index is 0.250. The Balaban J connectivity index is 0.963. The molecule has 33 heavy (non-hydrogen) atoms. The highest BCUT2D eigenvalue weighted by Crippen LogP contribution is 2.88.